The van der Waals surface area contributed by atoms with Gasteiger partial charge in [-0.15, -0.1) is 0 Å². The Bertz CT molecular complexity index is 900. The van der Waals surface area contributed by atoms with Gasteiger partial charge in [-0.05, 0) is 45.0 Å². The molecule has 3 rings (SSSR count). The maximum atomic E-state index is 12.5. The summed E-state index contributed by atoms with van der Waals surface area (Å²) in [4.78, 5) is 28.5. The topological polar surface area (TPSA) is 67.7 Å². The molecular formula is C22H30N4O3. The molecule has 0 unspecified atom stereocenters. The molecule has 1 atom stereocenters. The zero-order chi connectivity index (χ0) is 21.3. The number of amides is 1. The van der Waals surface area contributed by atoms with Crippen LogP contribution in [-0.4, -0.2) is 53.8 Å². The van der Waals surface area contributed by atoms with Gasteiger partial charge in [0.05, 0.1) is 6.61 Å². The lowest BCUT2D eigenvalue weighted by Gasteiger charge is -2.34. The molecule has 0 radical (unpaired) electrons. The van der Waals surface area contributed by atoms with E-state index >= 15 is 0 Å². The predicted molar refractivity (Wildman–Crippen MR) is 112 cm³/mol. The first kappa shape index (κ1) is 20.9. The summed E-state index contributed by atoms with van der Waals surface area (Å²) in [6.07, 6.45) is 0. The van der Waals surface area contributed by atoms with Crippen LogP contribution in [0.2, 0.25) is 0 Å². The number of carbonyl (C=O) groups excluding carboxylic acids is 2. The highest BCUT2D eigenvalue weighted by Gasteiger charge is 2.33. The number of fused-ring (bicyclic) bond motifs is 1. The molecule has 1 aromatic heterocycles. The van der Waals surface area contributed by atoms with Crippen molar-refractivity contribution in [3.8, 4) is 0 Å². The summed E-state index contributed by atoms with van der Waals surface area (Å²) < 4.78 is 7.21. The molecule has 29 heavy (non-hydrogen) atoms. The highest BCUT2D eigenvalue weighted by Crippen LogP contribution is 2.35. The molecule has 7 heteroatoms. The molecule has 0 fully saturated rings. The summed E-state index contributed by atoms with van der Waals surface area (Å²) in [5, 5.41) is 4.61. The van der Waals surface area contributed by atoms with E-state index in [2.05, 4.69) is 30.8 Å². The number of carbonyl (C=O) groups is 2. The molecule has 2 aromatic rings. The van der Waals surface area contributed by atoms with E-state index in [0.717, 1.165) is 23.5 Å². The third-order valence-electron chi connectivity index (χ3n) is 5.20. The number of rotatable bonds is 5. The number of ether oxygens (including phenoxy) is 1. The molecule has 0 saturated heterocycles. The van der Waals surface area contributed by atoms with Gasteiger partial charge in [0, 0.05) is 61.7 Å². The van der Waals surface area contributed by atoms with Crippen molar-refractivity contribution >= 4 is 17.6 Å². The molecule has 7 nitrogen and oxygen atoms in total. The lowest BCUT2D eigenvalue weighted by molar-refractivity contribution is 0.0516. The van der Waals surface area contributed by atoms with Gasteiger partial charge in [0.2, 0.25) is 0 Å². The third kappa shape index (κ3) is 3.99. The standard InChI is InChI=1S/C22H30N4O3/c1-7-29-22(28)19-18-13-25(12-15(4)20(18)26(23-19)14(2)3)17-10-8-16(9-11-17)21(27)24(5)6/h8-11,14-15H,7,12-13H2,1-6H3/t15-/m0/s1. The van der Waals surface area contributed by atoms with Gasteiger partial charge < -0.3 is 14.5 Å². The van der Waals surface area contributed by atoms with Crippen molar-refractivity contribution in [3.05, 3.63) is 46.8 Å². The van der Waals surface area contributed by atoms with Gasteiger partial charge in [0.1, 0.15) is 0 Å². The molecule has 0 aliphatic carbocycles. The summed E-state index contributed by atoms with van der Waals surface area (Å²) in [5.74, 6) is -0.183. The van der Waals surface area contributed by atoms with Gasteiger partial charge >= 0.3 is 5.97 Å². The number of nitrogens with zero attached hydrogens (tertiary/aromatic N) is 4. The summed E-state index contributed by atoms with van der Waals surface area (Å²) in [6, 6.07) is 7.79. The number of hydrogen-bond acceptors (Lipinski definition) is 5. The van der Waals surface area contributed by atoms with Crippen molar-refractivity contribution in [1.82, 2.24) is 14.7 Å². The van der Waals surface area contributed by atoms with Crippen molar-refractivity contribution in [2.45, 2.75) is 46.2 Å². The molecule has 156 valence electrons. The lowest BCUT2D eigenvalue weighted by Crippen LogP contribution is -2.34. The Balaban J connectivity index is 1.95. The number of aromatic nitrogens is 2. The highest BCUT2D eigenvalue weighted by atomic mass is 16.5. The smallest absolute Gasteiger partial charge is 0.359 e. The first-order valence-electron chi connectivity index (χ1n) is 10.1. The Labute approximate surface area is 172 Å². The minimum atomic E-state index is -0.371. The highest BCUT2D eigenvalue weighted by molar-refractivity contribution is 5.94. The van der Waals surface area contributed by atoms with E-state index in [1.807, 2.05) is 28.9 Å². The quantitative estimate of drug-likeness (QED) is 0.722. The third-order valence-corrected chi connectivity index (χ3v) is 5.20. The Hall–Kier alpha value is -2.83. The Morgan fingerprint density at radius 1 is 1.24 bits per heavy atom. The van der Waals surface area contributed by atoms with Crippen LogP contribution in [-0.2, 0) is 11.3 Å². The van der Waals surface area contributed by atoms with Gasteiger partial charge in [-0.1, -0.05) is 6.92 Å². The second-order valence-electron chi connectivity index (χ2n) is 8.00. The minimum absolute atomic E-state index is 0.0198. The molecule has 0 spiro atoms. The Morgan fingerprint density at radius 2 is 1.90 bits per heavy atom. The average Bonchev–Trinajstić information content (AvgIpc) is 3.08. The van der Waals surface area contributed by atoms with Gasteiger partial charge in [-0.3, -0.25) is 9.48 Å². The number of anilines is 1. The first-order valence-corrected chi connectivity index (χ1v) is 10.1. The van der Waals surface area contributed by atoms with Crippen LogP contribution in [0.5, 0.6) is 0 Å². The zero-order valence-corrected chi connectivity index (χ0v) is 18.1. The summed E-state index contributed by atoms with van der Waals surface area (Å²) in [5.41, 5.74) is 4.13. The molecule has 2 heterocycles. The summed E-state index contributed by atoms with van der Waals surface area (Å²) >= 11 is 0. The van der Waals surface area contributed by atoms with Gasteiger partial charge in [0.15, 0.2) is 5.69 Å². The minimum Gasteiger partial charge on any atom is -0.461 e. The molecule has 1 aliphatic rings. The van der Waals surface area contributed by atoms with Crippen molar-refractivity contribution in [1.29, 1.82) is 0 Å². The van der Waals surface area contributed by atoms with E-state index in [0.29, 0.717) is 24.4 Å². The largest absolute Gasteiger partial charge is 0.461 e. The number of hydrogen-bond donors (Lipinski definition) is 0. The van der Waals surface area contributed by atoms with Crippen LogP contribution in [0.3, 0.4) is 0 Å². The van der Waals surface area contributed by atoms with Gasteiger partial charge in [-0.25, -0.2) is 4.79 Å². The van der Waals surface area contributed by atoms with E-state index in [-0.39, 0.29) is 23.8 Å². The molecule has 1 amide bonds. The maximum absolute atomic E-state index is 12.5. The summed E-state index contributed by atoms with van der Waals surface area (Å²) in [6.45, 7) is 9.82. The van der Waals surface area contributed by atoms with Crippen LogP contribution < -0.4 is 4.90 Å². The fourth-order valence-electron chi connectivity index (χ4n) is 3.86. The van der Waals surface area contributed by atoms with Crippen LogP contribution in [0, 0.1) is 0 Å². The predicted octanol–water partition coefficient (Wildman–Crippen LogP) is 3.47. The van der Waals surface area contributed by atoms with E-state index in [1.54, 1.807) is 25.9 Å². The molecule has 0 N–H and O–H groups in total. The average molecular weight is 399 g/mol. The molecular weight excluding hydrogens is 368 g/mol. The van der Waals surface area contributed by atoms with Crippen molar-refractivity contribution in [2.24, 2.45) is 0 Å². The van der Waals surface area contributed by atoms with E-state index in [4.69, 9.17) is 4.74 Å². The first-order chi connectivity index (χ1) is 13.7. The molecule has 1 aliphatic heterocycles. The maximum Gasteiger partial charge on any atom is 0.359 e. The van der Waals surface area contributed by atoms with E-state index < -0.39 is 0 Å². The zero-order valence-electron chi connectivity index (χ0n) is 18.1. The fourth-order valence-corrected chi connectivity index (χ4v) is 3.86. The monoisotopic (exact) mass is 398 g/mol. The van der Waals surface area contributed by atoms with Gasteiger partial charge in [-0.2, -0.15) is 5.10 Å². The lowest BCUT2D eigenvalue weighted by atomic mass is 9.95. The molecule has 0 bridgehead atoms. The molecule has 0 saturated carbocycles. The summed E-state index contributed by atoms with van der Waals surface area (Å²) in [7, 11) is 3.49. The SMILES string of the molecule is CCOC(=O)c1nn(C(C)C)c2c1CN(c1ccc(C(=O)N(C)C)cc1)C[C@@H]2C. The van der Waals surface area contributed by atoms with Crippen LogP contribution in [0.25, 0.3) is 0 Å². The van der Waals surface area contributed by atoms with Crippen LogP contribution in [0.15, 0.2) is 24.3 Å². The van der Waals surface area contributed by atoms with Crippen LogP contribution in [0.4, 0.5) is 5.69 Å². The van der Waals surface area contributed by atoms with E-state index in [1.165, 1.54) is 0 Å². The molecule has 1 aromatic carbocycles. The van der Waals surface area contributed by atoms with Crippen LogP contribution >= 0.6 is 0 Å². The Kier molecular flexibility index (Phi) is 5.96. The van der Waals surface area contributed by atoms with Crippen molar-refractivity contribution in [3.63, 3.8) is 0 Å². The fraction of sp³-hybridized carbons (Fsp3) is 0.500. The second-order valence-corrected chi connectivity index (χ2v) is 8.00. The second kappa shape index (κ2) is 8.27. The van der Waals surface area contributed by atoms with Crippen LogP contribution in [0.1, 0.15) is 71.8 Å². The number of benzene rings is 1. The van der Waals surface area contributed by atoms with Gasteiger partial charge in [0.25, 0.3) is 5.91 Å². The normalized spacial score (nSPS) is 16.0. The van der Waals surface area contributed by atoms with Crippen molar-refractivity contribution < 1.29 is 14.3 Å². The number of esters is 1. The Morgan fingerprint density at radius 3 is 2.45 bits per heavy atom. The van der Waals surface area contributed by atoms with Crippen molar-refractivity contribution in [2.75, 3.05) is 32.1 Å². The van der Waals surface area contributed by atoms with E-state index in [9.17, 15) is 9.59 Å².